The van der Waals surface area contributed by atoms with Gasteiger partial charge in [-0.15, -0.1) is 0 Å². The maximum Gasteiger partial charge on any atom is 0.514 e. The third kappa shape index (κ3) is 13.7. The largest absolute Gasteiger partial charge is 0.514 e. The van der Waals surface area contributed by atoms with E-state index in [0.29, 0.717) is 18.4 Å². The number of rotatable bonds is 12. The lowest BCUT2D eigenvalue weighted by Gasteiger charge is -2.21. The molecule has 1 aromatic rings. The second-order valence-electron chi connectivity index (χ2n) is 9.99. The molecule has 4 atom stereocenters. The van der Waals surface area contributed by atoms with Crippen LogP contribution in [0.3, 0.4) is 0 Å². The number of nitrogens with two attached hydrogens (primary N) is 1. The highest BCUT2D eigenvalue weighted by molar-refractivity contribution is 5.76. The lowest BCUT2D eigenvalue weighted by molar-refractivity contribution is -0.148. The van der Waals surface area contributed by atoms with Gasteiger partial charge in [0.1, 0.15) is 36.6 Å². The van der Waals surface area contributed by atoms with Gasteiger partial charge in [-0.1, -0.05) is 19.9 Å². The zero-order chi connectivity index (χ0) is 29.8. The Balaban J connectivity index is 2.88. The molecule has 0 radical (unpaired) electrons. The van der Waals surface area contributed by atoms with Crippen molar-refractivity contribution in [3.63, 3.8) is 0 Å². The molecule has 12 nitrogen and oxygen atoms in total. The molecule has 1 rings (SSSR count). The van der Waals surface area contributed by atoms with Gasteiger partial charge in [0.15, 0.2) is 11.5 Å². The van der Waals surface area contributed by atoms with Crippen molar-refractivity contribution in [1.29, 1.82) is 0 Å². The summed E-state index contributed by atoms with van der Waals surface area (Å²) in [6, 6.07) is 3.22. The third-order valence-electron chi connectivity index (χ3n) is 5.04. The first-order valence-corrected chi connectivity index (χ1v) is 12.8. The Morgan fingerprint density at radius 1 is 0.795 bits per heavy atom. The van der Waals surface area contributed by atoms with Gasteiger partial charge in [-0.3, -0.25) is 4.79 Å². The monoisotopic (exact) mass is 555 g/mol. The number of hydrogen-bond acceptors (Lipinski definition) is 12. The van der Waals surface area contributed by atoms with Crippen LogP contribution in [0.5, 0.6) is 11.5 Å². The minimum atomic E-state index is -1.10. The van der Waals surface area contributed by atoms with Gasteiger partial charge >= 0.3 is 24.4 Å². The average molecular weight is 556 g/mol. The summed E-state index contributed by atoms with van der Waals surface area (Å²) in [6.45, 7) is 13.5. The van der Waals surface area contributed by atoms with E-state index in [1.54, 1.807) is 40.7 Å². The van der Waals surface area contributed by atoms with Crippen LogP contribution in [0.1, 0.15) is 73.8 Å². The van der Waals surface area contributed by atoms with Gasteiger partial charge in [-0.25, -0.2) is 14.4 Å². The van der Waals surface area contributed by atoms with E-state index in [1.165, 1.54) is 19.1 Å². The van der Waals surface area contributed by atoms with Crippen molar-refractivity contribution in [1.82, 2.24) is 0 Å². The van der Waals surface area contributed by atoms with Gasteiger partial charge in [0, 0.05) is 0 Å². The molecule has 0 aliphatic heterocycles. The van der Waals surface area contributed by atoms with Crippen LogP contribution in [0.4, 0.5) is 14.4 Å². The van der Waals surface area contributed by atoms with Crippen molar-refractivity contribution < 1.29 is 52.3 Å². The molecule has 12 heteroatoms. The second-order valence-corrected chi connectivity index (χ2v) is 9.99. The molecule has 0 heterocycles. The Labute approximate surface area is 229 Å². The molecule has 0 saturated heterocycles. The van der Waals surface area contributed by atoms with Crippen molar-refractivity contribution in [3.05, 3.63) is 23.8 Å². The van der Waals surface area contributed by atoms with Crippen LogP contribution in [-0.4, -0.2) is 61.0 Å². The van der Waals surface area contributed by atoms with Crippen molar-refractivity contribution in [2.24, 2.45) is 5.73 Å². The lowest BCUT2D eigenvalue weighted by Crippen LogP contribution is -2.36. The number of benzene rings is 1. The molecule has 0 aliphatic carbocycles. The summed E-state index contributed by atoms with van der Waals surface area (Å²) >= 11 is 0. The number of esters is 1. The maximum absolute atomic E-state index is 12.4. The topological polar surface area (TPSA) is 159 Å². The van der Waals surface area contributed by atoms with Gasteiger partial charge in [0.2, 0.25) is 0 Å². The minimum absolute atomic E-state index is 0.00545. The highest BCUT2D eigenvalue weighted by atomic mass is 16.8. The van der Waals surface area contributed by atoms with Gasteiger partial charge in [0.25, 0.3) is 0 Å². The van der Waals surface area contributed by atoms with E-state index in [0.717, 1.165) is 0 Å². The summed E-state index contributed by atoms with van der Waals surface area (Å²) in [5.74, 6) is -0.954. The molecule has 2 unspecified atom stereocenters. The van der Waals surface area contributed by atoms with E-state index < -0.39 is 48.3 Å². The van der Waals surface area contributed by atoms with Gasteiger partial charge < -0.3 is 38.9 Å². The molecule has 1 aromatic carbocycles. The second kappa shape index (κ2) is 15.8. The Bertz CT molecular complexity index is 973. The summed E-state index contributed by atoms with van der Waals surface area (Å²) in [6.07, 6.45) is -3.25. The quantitative estimate of drug-likeness (QED) is 0.208. The van der Waals surface area contributed by atoms with Crippen molar-refractivity contribution in [3.8, 4) is 11.5 Å². The Morgan fingerprint density at radius 2 is 1.31 bits per heavy atom. The predicted molar refractivity (Wildman–Crippen MR) is 140 cm³/mol. The van der Waals surface area contributed by atoms with Crippen LogP contribution >= 0.6 is 0 Å². The maximum atomic E-state index is 12.4. The van der Waals surface area contributed by atoms with Gasteiger partial charge in [-0.05, 0) is 78.5 Å². The molecular weight excluding hydrogens is 514 g/mol. The number of ether oxygens (including phenoxy) is 7. The zero-order valence-corrected chi connectivity index (χ0v) is 23.9. The van der Waals surface area contributed by atoms with Crippen LogP contribution in [0.15, 0.2) is 18.2 Å². The molecule has 220 valence electrons. The van der Waals surface area contributed by atoms with Crippen molar-refractivity contribution >= 4 is 24.4 Å². The molecule has 0 spiro atoms. The molecule has 0 fully saturated rings. The minimum Gasteiger partial charge on any atom is -0.461 e. The van der Waals surface area contributed by atoms with Crippen LogP contribution in [0.2, 0.25) is 0 Å². The number of hydrogen-bond donors (Lipinski definition) is 1. The predicted octanol–water partition coefficient (Wildman–Crippen LogP) is 5.07. The number of carbonyl (C=O) groups is 4. The van der Waals surface area contributed by atoms with Crippen molar-refractivity contribution in [2.75, 3.05) is 6.61 Å². The molecule has 0 aromatic heterocycles. The highest BCUT2D eigenvalue weighted by Crippen LogP contribution is 2.30. The third-order valence-corrected chi connectivity index (χ3v) is 5.04. The van der Waals surface area contributed by atoms with E-state index in [1.807, 2.05) is 13.8 Å². The Hall–Kier alpha value is -3.54. The van der Waals surface area contributed by atoms with E-state index in [9.17, 15) is 19.2 Å². The van der Waals surface area contributed by atoms with E-state index in [-0.39, 0.29) is 30.6 Å². The molecule has 0 aliphatic rings. The van der Waals surface area contributed by atoms with Crippen LogP contribution in [0.25, 0.3) is 0 Å². The summed E-state index contributed by atoms with van der Waals surface area (Å²) in [5.41, 5.74) is 5.75. The van der Waals surface area contributed by atoms with Gasteiger partial charge in [0.05, 0.1) is 0 Å². The van der Waals surface area contributed by atoms with Crippen LogP contribution < -0.4 is 15.2 Å². The first-order valence-electron chi connectivity index (χ1n) is 12.8. The zero-order valence-electron chi connectivity index (χ0n) is 23.9. The fourth-order valence-corrected chi connectivity index (χ4v) is 2.68. The summed E-state index contributed by atoms with van der Waals surface area (Å²) in [7, 11) is 0. The highest BCUT2D eigenvalue weighted by Gasteiger charge is 2.23. The first-order chi connectivity index (χ1) is 18.1. The molecule has 39 heavy (non-hydrogen) atoms. The lowest BCUT2D eigenvalue weighted by atomic mass is 10.1. The SMILES string of the molecule is CCC(C)OC(=O)Oc1ccc(C[C@H](N)C(=O)OC[C@H](C)OC(=O)OC(C)(C)C)cc1OC(=O)OC(C)CC. The van der Waals surface area contributed by atoms with Crippen LogP contribution in [0, 0.1) is 0 Å². The molecule has 0 saturated carbocycles. The van der Waals surface area contributed by atoms with Gasteiger partial charge in [-0.2, -0.15) is 0 Å². The molecule has 0 amide bonds. The van der Waals surface area contributed by atoms with E-state index in [4.69, 9.17) is 38.9 Å². The van der Waals surface area contributed by atoms with E-state index >= 15 is 0 Å². The first kappa shape index (κ1) is 33.5. The molecular formula is C27H41NO11. The summed E-state index contributed by atoms with van der Waals surface area (Å²) in [4.78, 5) is 48.5. The standard InChI is InChI=1S/C27H41NO11/c1-9-16(3)34-24(30)37-21-12-11-19(14-22(21)38-25(31)35-17(4)10-2)13-20(28)23(29)33-15-18(5)36-26(32)39-27(6,7)8/h11-12,14,16-18,20H,9-10,13,15,28H2,1-8H3/t16?,17?,18-,20-/m0/s1. The summed E-state index contributed by atoms with van der Waals surface area (Å²) in [5, 5.41) is 0. The smallest absolute Gasteiger partial charge is 0.461 e. The van der Waals surface area contributed by atoms with Crippen molar-refractivity contribution in [2.45, 2.75) is 105 Å². The number of carbonyl (C=O) groups excluding carboxylic acids is 4. The fourth-order valence-electron chi connectivity index (χ4n) is 2.68. The average Bonchev–Trinajstić information content (AvgIpc) is 2.82. The normalized spacial score (nSPS) is 14.2. The van der Waals surface area contributed by atoms with Crippen LogP contribution in [-0.2, 0) is 34.9 Å². The molecule has 0 bridgehead atoms. The molecule has 2 N–H and O–H groups in total. The Kier molecular flexibility index (Phi) is 13.5. The summed E-state index contributed by atoms with van der Waals surface area (Å²) < 4.78 is 36.0. The Morgan fingerprint density at radius 3 is 1.82 bits per heavy atom. The fraction of sp³-hybridized carbons (Fsp3) is 0.630. The van der Waals surface area contributed by atoms with E-state index in [2.05, 4.69) is 0 Å².